The first-order chi connectivity index (χ1) is 14.3. The third kappa shape index (κ3) is 4.54. The minimum atomic E-state index is 0.182. The summed E-state index contributed by atoms with van der Waals surface area (Å²) in [5, 5.41) is 10.8. The van der Waals surface area contributed by atoms with Gasteiger partial charge in [-0.1, -0.05) is 23.3 Å². The van der Waals surface area contributed by atoms with Gasteiger partial charge in [0.05, 0.1) is 14.2 Å². The van der Waals surface area contributed by atoms with Crippen LogP contribution in [-0.2, 0) is 12.8 Å². The number of rotatable bonds is 7. The van der Waals surface area contributed by atoms with Crippen LogP contribution in [0, 0.1) is 0 Å². The fraction of sp³-hybridized carbons (Fsp3) is 0.308. The highest BCUT2D eigenvalue weighted by molar-refractivity contribution is 5.86. The van der Waals surface area contributed by atoms with Crippen molar-refractivity contribution in [2.45, 2.75) is 40.5 Å². The van der Waals surface area contributed by atoms with Crippen LogP contribution in [0.15, 0.2) is 58.0 Å². The summed E-state index contributed by atoms with van der Waals surface area (Å²) >= 11 is 0. The van der Waals surface area contributed by atoms with Gasteiger partial charge in [-0.15, -0.1) is 0 Å². The molecule has 3 aromatic rings. The Hall–Kier alpha value is -3.14. The Kier molecular flexibility index (Phi) is 6.56. The molecule has 30 heavy (non-hydrogen) atoms. The molecule has 0 aliphatic carbocycles. The topological polar surface area (TPSA) is 51.8 Å². The van der Waals surface area contributed by atoms with Gasteiger partial charge in [-0.2, -0.15) is 0 Å². The minimum Gasteiger partial charge on any atom is -0.508 e. The summed E-state index contributed by atoms with van der Waals surface area (Å²) in [5.41, 5.74) is 6.21. The van der Waals surface area contributed by atoms with E-state index >= 15 is 0 Å². The lowest BCUT2D eigenvalue weighted by molar-refractivity contribution is 0.389. The highest BCUT2D eigenvalue weighted by Crippen LogP contribution is 2.43. The predicted molar refractivity (Wildman–Crippen MR) is 123 cm³/mol. The van der Waals surface area contributed by atoms with E-state index in [9.17, 15) is 5.11 Å². The number of hydrogen-bond acceptors (Lipinski definition) is 4. The van der Waals surface area contributed by atoms with Gasteiger partial charge >= 0.3 is 0 Å². The average Bonchev–Trinajstić information content (AvgIpc) is 3.12. The lowest BCUT2D eigenvalue weighted by Crippen LogP contribution is -2.02. The first-order valence-electron chi connectivity index (χ1n) is 10.1. The standard InChI is InChI=1S/C26H30O4/c1-16(2)7-11-20-23(28-5)15-24(29-6)21(12-8-17(3)4)26(20)25-13-18-9-10-19(27)14-22(18)30-25/h7-10,13-15,27H,11-12H2,1-6H3. The number of methoxy groups -OCH3 is 2. The number of phenols is 1. The van der Waals surface area contributed by atoms with Crippen molar-refractivity contribution in [3.63, 3.8) is 0 Å². The van der Waals surface area contributed by atoms with Gasteiger partial charge in [-0.3, -0.25) is 0 Å². The second-order valence-electron chi connectivity index (χ2n) is 7.92. The van der Waals surface area contributed by atoms with E-state index in [-0.39, 0.29) is 5.75 Å². The number of ether oxygens (including phenoxy) is 2. The van der Waals surface area contributed by atoms with Gasteiger partial charge in [0.1, 0.15) is 28.6 Å². The van der Waals surface area contributed by atoms with Crippen LogP contribution in [0.3, 0.4) is 0 Å². The van der Waals surface area contributed by atoms with Crippen LogP contribution in [0.1, 0.15) is 38.8 Å². The second-order valence-corrected chi connectivity index (χ2v) is 7.92. The fourth-order valence-corrected chi connectivity index (χ4v) is 3.54. The van der Waals surface area contributed by atoms with E-state index in [1.165, 1.54) is 11.1 Å². The summed E-state index contributed by atoms with van der Waals surface area (Å²) in [6.45, 7) is 8.35. The Labute approximate surface area is 178 Å². The highest BCUT2D eigenvalue weighted by Gasteiger charge is 2.22. The van der Waals surface area contributed by atoms with Crippen molar-refractivity contribution >= 4 is 11.0 Å². The van der Waals surface area contributed by atoms with E-state index in [0.29, 0.717) is 5.58 Å². The molecular weight excluding hydrogens is 376 g/mol. The van der Waals surface area contributed by atoms with E-state index in [1.807, 2.05) is 18.2 Å². The Morgan fingerprint density at radius 1 is 0.867 bits per heavy atom. The Morgan fingerprint density at radius 3 is 1.93 bits per heavy atom. The number of phenolic OH excluding ortho intramolecular Hbond substituents is 1. The van der Waals surface area contributed by atoms with Crippen LogP contribution < -0.4 is 9.47 Å². The van der Waals surface area contributed by atoms with Gasteiger partial charge < -0.3 is 19.0 Å². The highest BCUT2D eigenvalue weighted by atomic mass is 16.5. The lowest BCUT2D eigenvalue weighted by Gasteiger charge is -2.19. The number of furan rings is 1. The Morgan fingerprint density at radius 2 is 1.43 bits per heavy atom. The summed E-state index contributed by atoms with van der Waals surface area (Å²) in [7, 11) is 3.36. The van der Waals surface area contributed by atoms with Crippen LogP contribution in [0.2, 0.25) is 0 Å². The van der Waals surface area contributed by atoms with E-state index in [1.54, 1.807) is 26.4 Å². The molecule has 0 aliphatic heterocycles. The summed E-state index contributed by atoms with van der Waals surface area (Å²) in [6, 6.07) is 9.14. The molecule has 1 N–H and O–H groups in total. The monoisotopic (exact) mass is 406 g/mol. The predicted octanol–water partition coefficient (Wildman–Crippen LogP) is 6.84. The molecule has 0 unspecified atom stereocenters. The maximum absolute atomic E-state index is 9.86. The third-order valence-corrected chi connectivity index (χ3v) is 5.08. The zero-order valence-corrected chi connectivity index (χ0v) is 18.6. The van der Waals surface area contributed by atoms with Crippen LogP contribution in [0.25, 0.3) is 22.3 Å². The summed E-state index contributed by atoms with van der Waals surface area (Å²) in [6.07, 6.45) is 5.81. The molecule has 0 amide bonds. The summed E-state index contributed by atoms with van der Waals surface area (Å²) < 4.78 is 17.7. The molecule has 0 aliphatic rings. The van der Waals surface area contributed by atoms with Crippen molar-refractivity contribution in [2.24, 2.45) is 0 Å². The molecule has 1 aromatic heterocycles. The Balaban J connectivity index is 2.35. The molecule has 0 spiro atoms. The van der Waals surface area contributed by atoms with Gasteiger partial charge in [0.15, 0.2) is 0 Å². The normalized spacial score (nSPS) is 10.7. The maximum atomic E-state index is 9.86. The van der Waals surface area contributed by atoms with Crippen molar-refractivity contribution in [3.8, 4) is 28.6 Å². The SMILES string of the molecule is COc1cc(OC)c(CC=C(C)C)c(-c2cc3ccc(O)cc3o2)c1CC=C(C)C. The maximum Gasteiger partial charge on any atom is 0.138 e. The molecule has 0 saturated carbocycles. The van der Waals surface area contributed by atoms with E-state index in [2.05, 4.69) is 39.8 Å². The van der Waals surface area contributed by atoms with Gasteiger partial charge in [0, 0.05) is 34.2 Å². The number of aromatic hydroxyl groups is 1. The molecule has 0 radical (unpaired) electrons. The molecule has 158 valence electrons. The van der Waals surface area contributed by atoms with Crippen LogP contribution in [0.4, 0.5) is 0 Å². The Bertz CT molecular complexity index is 1060. The quantitative estimate of drug-likeness (QED) is 0.436. The zero-order chi connectivity index (χ0) is 21.8. The fourth-order valence-electron chi connectivity index (χ4n) is 3.54. The molecule has 0 fully saturated rings. The first-order valence-corrected chi connectivity index (χ1v) is 10.1. The molecule has 4 nitrogen and oxygen atoms in total. The van der Waals surface area contributed by atoms with Crippen molar-refractivity contribution in [1.29, 1.82) is 0 Å². The van der Waals surface area contributed by atoms with Crippen LogP contribution in [-0.4, -0.2) is 19.3 Å². The number of hydrogen-bond donors (Lipinski definition) is 1. The van der Waals surface area contributed by atoms with Crippen molar-refractivity contribution in [2.75, 3.05) is 14.2 Å². The number of fused-ring (bicyclic) bond motifs is 1. The summed E-state index contributed by atoms with van der Waals surface area (Å²) in [4.78, 5) is 0. The summed E-state index contributed by atoms with van der Waals surface area (Å²) in [5.74, 6) is 2.45. The smallest absolute Gasteiger partial charge is 0.138 e. The van der Waals surface area contributed by atoms with Gasteiger partial charge in [-0.25, -0.2) is 0 Å². The van der Waals surface area contributed by atoms with Crippen molar-refractivity contribution in [1.82, 2.24) is 0 Å². The number of allylic oxidation sites excluding steroid dienone is 4. The van der Waals surface area contributed by atoms with Gasteiger partial charge in [0.25, 0.3) is 0 Å². The average molecular weight is 407 g/mol. The molecular formula is C26H30O4. The molecule has 2 aromatic carbocycles. The van der Waals surface area contributed by atoms with E-state index in [4.69, 9.17) is 13.9 Å². The largest absolute Gasteiger partial charge is 0.508 e. The van der Waals surface area contributed by atoms with E-state index in [0.717, 1.165) is 52.2 Å². The van der Waals surface area contributed by atoms with Gasteiger partial charge in [-0.05, 0) is 58.7 Å². The lowest BCUT2D eigenvalue weighted by atomic mass is 9.92. The van der Waals surface area contributed by atoms with Crippen molar-refractivity contribution < 1.29 is 19.0 Å². The van der Waals surface area contributed by atoms with Gasteiger partial charge in [0.2, 0.25) is 0 Å². The molecule has 3 rings (SSSR count). The molecule has 0 atom stereocenters. The molecule has 1 heterocycles. The molecule has 0 bridgehead atoms. The van der Waals surface area contributed by atoms with Crippen molar-refractivity contribution in [3.05, 3.63) is 64.8 Å². The minimum absolute atomic E-state index is 0.182. The zero-order valence-electron chi connectivity index (χ0n) is 18.6. The van der Waals surface area contributed by atoms with Crippen LogP contribution in [0.5, 0.6) is 17.2 Å². The second kappa shape index (κ2) is 9.12. The molecule has 4 heteroatoms. The van der Waals surface area contributed by atoms with Crippen LogP contribution >= 0.6 is 0 Å². The molecule has 0 saturated heterocycles. The first kappa shape index (κ1) is 21.6. The number of benzene rings is 2. The third-order valence-electron chi connectivity index (χ3n) is 5.08. The van der Waals surface area contributed by atoms with E-state index < -0.39 is 0 Å².